The van der Waals surface area contributed by atoms with E-state index >= 15 is 0 Å². The summed E-state index contributed by atoms with van der Waals surface area (Å²) in [6.45, 7) is 7.46. The number of aromatic nitrogens is 5. The quantitative estimate of drug-likeness (QED) is 0.267. The number of hydrogen-bond donors (Lipinski definition) is 1. The molecule has 8 heteroatoms. The first-order valence-corrected chi connectivity index (χ1v) is 15.6. The summed E-state index contributed by atoms with van der Waals surface area (Å²) < 4.78 is 2.02. The zero-order valence-corrected chi connectivity index (χ0v) is 25.0. The van der Waals surface area contributed by atoms with E-state index in [0.29, 0.717) is 5.56 Å². The molecule has 3 heterocycles. The van der Waals surface area contributed by atoms with Gasteiger partial charge in [0.05, 0.1) is 17.6 Å². The molecule has 1 saturated carbocycles. The van der Waals surface area contributed by atoms with Crippen LogP contribution in [0.1, 0.15) is 77.5 Å². The Morgan fingerprint density at radius 3 is 2.02 bits per heavy atom. The Hall–Kier alpha value is -4.14. The SMILES string of the molecule is Cc1ccc2cc([C@H](c3nnnn3C3CCCC3)N3CCN(C(c4ccccc4)c4ccccc4)CC3)c(=O)[nH]c2c1C. The Morgan fingerprint density at radius 1 is 0.791 bits per heavy atom. The highest BCUT2D eigenvalue weighted by atomic mass is 16.1. The number of nitrogens with zero attached hydrogens (tertiary/aromatic N) is 6. The molecular weight excluding hydrogens is 534 g/mol. The van der Waals surface area contributed by atoms with Crippen LogP contribution in [-0.2, 0) is 0 Å². The minimum atomic E-state index is -0.334. The van der Waals surface area contributed by atoms with Crippen LogP contribution in [0.4, 0.5) is 0 Å². The molecule has 0 bridgehead atoms. The molecule has 0 unspecified atom stereocenters. The first kappa shape index (κ1) is 27.7. The van der Waals surface area contributed by atoms with Crippen molar-refractivity contribution in [2.75, 3.05) is 26.2 Å². The standard InChI is InChI=1S/C35H39N7O/c1-24-17-18-28-23-30(35(43)36-31(28)25(24)2)33(34-37-38-39-42(34)29-15-9-10-16-29)41-21-19-40(20-22-41)32(26-11-5-3-6-12-26)27-13-7-4-8-14-27/h3-8,11-14,17-18,23,29,32-33H,9-10,15-16,19-22H2,1-2H3,(H,36,43)/t33-/m1/s1. The van der Waals surface area contributed by atoms with Gasteiger partial charge < -0.3 is 4.98 Å². The molecule has 2 aliphatic rings. The zero-order valence-electron chi connectivity index (χ0n) is 25.0. The third-order valence-corrected chi connectivity index (χ3v) is 9.62. The normalized spacial score (nSPS) is 17.7. The molecule has 1 aliphatic carbocycles. The van der Waals surface area contributed by atoms with E-state index in [2.05, 4.69) is 123 Å². The Labute approximate surface area is 252 Å². The molecular formula is C35H39N7O. The number of nitrogens with one attached hydrogen (secondary N) is 1. The fourth-order valence-electron chi connectivity index (χ4n) is 7.17. The molecule has 2 fully saturated rings. The van der Waals surface area contributed by atoms with E-state index in [9.17, 15) is 4.79 Å². The van der Waals surface area contributed by atoms with Crippen molar-refractivity contribution in [3.63, 3.8) is 0 Å². The first-order chi connectivity index (χ1) is 21.1. The molecule has 43 heavy (non-hydrogen) atoms. The summed E-state index contributed by atoms with van der Waals surface area (Å²) in [7, 11) is 0. The first-order valence-electron chi connectivity index (χ1n) is 15.6. The van der Waals surface area contributed by atoms with Gasteiger partial charge in [-0.2, -0.15) is 0 Å². The minimum absolute atomic E-state index is 0.0685. The Morgan fingerprint density at radius 2 is 1.40 bits per heavy atom. The number of benzene rings is 3. The third kappa shape index (κ3) is 5.30. The lowest BCUT2D eigenvalue weighted by molar-refractivity contribution is 0.0850. The lowest BCUT2D eigenvalue weighted by Crippen LogP contribution is -2.50. The van der Waals surface area contributed by atoms with E-state index in [0.717, 1.165) is 61.3 Å². The molecule has 1 aliphatic heterocycles. The largest absolute Gasteiger partial charge is 0.321 e. The maximum Gasteiger partial charge on any atom is 0.253 e. The summed E-state index contributed by atoms with van der Waals surface area (Å²) in [5.74, 6) is 0.775. The van der Waals surface area contributed by atoms with Crippen LogP contribution in [-0.4, -0.2) is 61.2 Å². The molecule has 0 radical (unpaired) electrons. The van der Waals surface area contributed by atoms with Crippen LogP contribution in [0.2, 0.25) is 0 Å². The number of hydrogen-bond acceptors (Lipinski definition) is 6. The van der Waals surface area contributed by atoms with Crippen LogP contribution >= 0.6 is 0 Å². The summed E-state index contributed by atoms with van der Waals surface area (Å²) in [6, 6.07) is 27.9. The van der Waals surface area contributed by atoms with Crippen molar-refractivity contribution in [2.45, 2.75) is 57.7 Å². The van der Waals surface area contributed by atoms with Gasteiger partial charge in [0, 0.05) is 31.7 Å². The van der Waals surface area contributed by atoms with E-state index in [4.69, 9.17) is 0 Å². The second kappa shape index (κ2) is 11.9. The number of tetrazole rings is 1. The van der Waals surface area contributed by atoms with Crippen LogP contribution in [0, 0.1) is 13.8 Å². The smallest absolute Gasteiger partial charge is 0.253 e. The van der Waals surface area contributed by atoms with Crippen molar-refractivity contribution in [1.29, 1.82) is 0 Å². The Kier molecular flexibility index (Phi) is 7.63. The van der Waals surface area contributed by atoms with Gasteiger partial charge in [-0.15, -0.1) is 5.10 Å². The van der Waals surface area contributed by atoms with Crippen LogP contribution < -0.4 is 5.56 Å². The van der Waals surface area contributed by atoms with Gasteiger partial charge in [-0.25, -0.2) is 4.68 Å². The van der Waals surface area contributed by atoms with Gasteiger partial charge in [0.2, 0.25) is 0 Å². The van der Waals surface area contributed by atoms with Gasteiger partial charge >= 0.3 is 0 Å². The summed E-state index contributed by atoms with van der Waals surface area (Å²) >= 11 is 0. The average Bonchev–Trinajstić information content (AvgIpc) is 3.75. The van der Waals surface area contributed by atoms with Crippen LogP contribution in [0.3, 0.4) is 0 Å². The lowest BCUT2D eigenvalue weighted by atomic mass is 9.95. The number of aryl methyl sites for hydroxylation is 2. The van der Waals surface area contributed by atoms with E-state index < -0.39 is 0 Å². The maximum absolute atomic E-state index is 13.9. The van der Waals surface area contributed by atoms with Crippen LogP contribution in [0.5, 0.6) is 0 Å². The Bertz CT molecular complexity index is 1710. The lowest BCUT2D eigenvalue weighted by Gasteiger charge is -2.42. The molecule has 1 N–H and O–H groups in total. The molecule has 8 nitrogen and oxygen atoms in total. The highest BCUT2D eigenvalue weighted by Gasteiger charge is 2.36. The predicted octanol–water partition coefficient (Wildman–Crippen LogP) is 5.74. The molecule has 3 aromatic carbocycles. The molecule has 5 aromatic rings. The summed E-state index contributed by atoms with van der Waals surface area (Å²) in [5.41, 5.74) is 6.40. The number of piperazine rings is 1. The molecule has 2 aromatic heterocycles. The van der Waals surface area contributed by atoms with Crippen LogP contribution in [0.25, 0.3) is 10.9 Å². The van der Waals surface area contributed by atoms with E-state index in [1.165, 1.54) is 29.5 Å². The minimum Gasteiger partial charge on any atom is -0.321 e. The highest BCUT2D eigenvalue weighted by molar-refractivity contribution is 5.83. The molecule has 1 atom stereocenters. The van der Waals surface area contributed by atoms with Gasteiger partial charge in [-0.3, -0.25) is 14.6 Å². The van der Waals surface area contributed by atoms with Crippen molar-refractivity contribution in [3.05, 3.63) is 123 Å². The van der Waals surface area contributed by atoms with Crippen molar-refractivity contribution in [1.82, 2.24) is 35.0 Å². The van der Waals surface area contributed by atoms with E-state index in [1.54, 1.807) is 0 Å². The van der Waals surface area contributed by atoms with Gasteiger partial charge in [0.1, 0.15) is 6.04 Å². The van der Waals surface area contributed by atoms with Crippen molar-refractivity contribution in [3.8, 4) is 0 Å². The monoisotopic (exact) mass is 573 g/mol. The van der Waals surface area contributed by atoms with Crippen molar-refractivity contribution in [2.24, 2.45) is 0 Å². The van der Waals surface area contributed by atoms with Gasteiger partial charge in [0.15, 0.2) is 5.82 Å². The van der Waals surface area contributed by atoms with Crippen molar-refractivity contribution < 1.29 is 0 Å². The maximum atomic E-state index is 13.9. The topological polar surface area (TPSA) is 82.9 Å². The van der Waals surface area contributed by atoms with Gasteiger partial charge in [-0.05, 0) is 70.8 Å². The van der Waals surface area contributed by atoms with Crippen molar-refractivity contribution >= 4 is 10.9 Å². The Balaban J connectivity index is 1.26. The third-order valence-electron chi connectivity index (χ3n) is 9.62. The molecule has 0 amide bonds. The van der Waals surface area contributed by atoms with E-state index in [1.807, 2.05) is 4.68 Å². The number of rotatable bonds is 7. The zero-order chi connectivity index (χ0) is 29.3. The van der Waals surface area contributed by atoms with Gasteiger partial charge in [0.25, 0.3) is 5.56 Å². The predicted molar refractivity (Wildman–Crippen MR) is 169 cm³/mol. The van der Waals surface area contributed by atoms with E-state index in [-0.39, 0.29) is 23.7 Å². The molecule has 1 saturated heterocycles. The number of aromatic amines is 1. The fraction of sp³-hybridized carbons (Fsp3) is 0.371. The number of pyridine rings is 1. The van der Waals surface area contributed by atoms with Gasteiger partial charge in [-0.1, -0.05) is 85.6 Å². The molecule has 0 spiro atoms. The molecule has 7 rings (SSSR count). The fourth-order valence-corrected chi connectivity index (χ4v) is 7.17. The number of fused-ring (bicyclic) bond motifs is 1. The average molecular weight is 574 g/mol. The molecule has 220 valence electrons. The highest BCUT2D eigenvalue weighted by Crippen LogP contribution is 2.36. The number of H-pyrrole nitrogens is 1. The summed E-state index contributed by atoms with van der Waals surface area (Å²) in [4.78, 5) is 22.1. The summed E-state index contributed by atoms with van der Waals surface area (Å²) in [6.07, 6.45) is 4.51. The second-order valence-electron chi connectivity index (χ2n) is 12.1. The van der Waals surface area contributed by atoms with Crippen LogP contribution in [0.15, 0.2) is 83.7 Å². The summed E-state index contributed by atoms with van der Waals surface area (Å²) in [5, 5.41) is 14.3. The second-order valence-corrected chi connectivity index (χ2v) is 12.1.